The zero-order valence-corrected chi connectivity index (χ0v) is 13.3. The number of rotatable bonds is 2. The summed E-state index contributed by atoms with van der Waals surface area (Å²) >= 11 is -2.58. The minimum atomic E-state index is -4.67. The van der Waals surface area contributed by atoms with Gasteiger partial charge in [0.1, 0.15) is 0 Å². The molecule has 5 nitrogen and oxygen atoms in total. The SMILES string of the molecule is CCOC(=O)N1C(c2ccc(C)cc2)CC(C(F)(F)F)OS1=O. The lowest BCUT2D eigenvalue weighted by molar-refractivity contribution is -0.202. The average molecular weight is 351 g/mol. The van der Waals surface area contributed by atoms with E-state index >= 15 is 0 Å². The van der Waals surface area contributed by atoms with Gasteiger partial charge in [0.2, 0.25) is 0 Å². The first-order valence-electron chi connectivity index (χ1n) is 6.92. The van der Waals surface area contributed by atoms with Gasteiger partial charge in [-0.2, -0.15) is 17.5 Å². The zero-order chi connectivity index (χ0) is 17.2. The van der Waals surface area contributed by atoms with E-state index in [4.69, 9.17) is 4.74 Å². The molecule has 1 aromatic rings. The molecule has 3 atom stereocenters. The molecule has 1 amide bonds. The molecular formula is C14H16F3NO4S. The lowest BCUT2D eigenvalue weighted by Gasteiger charge is -2.37. The molecule has 0 saturated carbocycles. The van der Waals surface area contributed by atoms with Crippen LogP contribution < -0.4 is 0 Å². The molecule has 9 heteroatoms. The molecule has 0 N–H and O–H groups in total. The van der Waals surface area contributed by atoms with Gasteiger partial charge in [0.15, 0.2) is 6.10 Å². The van der Waals surface area contributed by atoms with Crippen LogP contribution in [0.25, 0.3) is 0 Å². The Kier molecular flexibility index (Phi) is 5.30. The van der Waals surface area contributed by atoms with Gasteiger partial charge in [-0.15, -0.1) is 0 Å². The van der Waals surface area contributed by atoms with E-state index in [9.17, 15) is 22.2 Å². The number of alkyl halides is 3. The number of hydrogen-bond donors (Lipinski definition) is 0. The molecular weight excluding hydrogens is 335 g/mol. The number of hydrogen-bond acceptors (Lipinski definition) is 4. The molecule has 1 fully saturated rings. The van der Waals surface area contributed by atoms with E-state index in [2.05, 4.69) is 4.18 Å². The predicted molar refractivity (Wildman–Crippen MR) is 76.5 cm³/mol. The maximum atomic E-state index is 12.9. The number of aryl methyl sites for hydroxylation is 1. The van der Waals surface area contributed by atoms with Gasteiger partial charge in [-0.25, -0.2) is 9.00 Å². The third-order valence-electron chi connectivity index (χ3n) is 3.35. The Balaban J connectivity index is 2.37. The molecule has 23 heavy (non-hydrogen) atoms. The maximum Gasteiger partial charge on any atom is 0.424 e. The van der Waals surface area contributed by atoms with E-state index < -0.39 is 42.1 Å². The highest BCUT2D eigenvalue weighted by molar-refractivity contribution is 7.78. The van der Waals surface area contributed by atoms with Crippen LogP contribution in [0.2, 0.25) is 0 Å². The largest absolute Gasteiger partial charge is 0.449 e. The predicted octanol–water partition coefficient (Wildman–Crippen LogP) is 3.42. The molecule has 0 aliphatic carbocycles. The molecule has 1 heterocycles. The molecule has 1 aromatic carbocycles. The number of carbonyl (C=O) groups is 1. The average Bonchev–Trinajstić information content (AvgIpc) is 2.46. The summed E-state index contributed by atoms with van der Waals surface area (Å²) in [7, 11) is 0. The van der Waals surface area contributed by atoms with Crippen LogP contribution in [0.5, 0.6) is 0 Å². The van der Waals surface area contributed by atoms with Crippen molar-refractivity contribution in [2.24, 2.45) is 0 Å². The number of benzene rings is 1. The second-order valence-corrected chi connectivity index (χ2v) is 6.05. The van der Waals surface area contributed by atoms with Crippen molar-refractivity contribution in [3.8, 4) is 0 Å². The van der Waals surface area contributed by atoms with E-state index in [0.717, 1.165) is 5.56 Å². The first-order valence-corrected chi connectivity index (χ1v) is 7.95. The minimum absolute atomic E-state index is 0.00977. The zero-order valence-electron chi connectivity index (χ0n) is 12.5. The van der Waals surface area contributed by atoms with Crippen molar-refractivity contribution in [3.63, 3.8) is 0 Å². The highest BCUT2D eigenvalue weighted by atomic mass is 32.2. The van der Waals surface area contributed by atoms with E-state index in [1.807, 2.05) is 6.92 Å². The molecule has 0 bridgehead atoms. The van der Waals surface area contributed by atoms with E-state index in [1.165, 1.54) is 0 Å². The highest BCUT2D eigenvalue weighted by Crippen LogP contribution is 2.39. The van der Waals surface area contributed by atoms with Crippen LogP contribution in [-0.2, 0) is 20.2 Å². The van der Waals surface area contributed by atoms with Crippen molar-refractivity contribution in [2.75, 3.05) is 6.61 Å². The summed E-state index contributed by atoms with van der Waals surface area (Å²) in [6.07, 6.45) is -8.39. The topological polar surface area (TPSA) is 55.8 Å². The molecule has 3 unspecified atom stereocenters. The van der Waals surface area contributed by atoms with Crippen LogP contribution >= 0.6 is 0 Å². The molecule has 0 spiro atoms. The molecule has 0 aromatic heterocycles. The van der Waals surface area contributed by atoms with Gasteiger partial charge in [-0.3, -0.25) is 4.18 Å². The van der Waals surface area contributed by atoms with Crippen molar-refractivity contribution in [3.05, 3.63) is 35.4 Å². The molecule has 2 rings (SSSR count). The number of amides is 1. The fraction of sp³-hybridized carbons (Fsp3) is 0.500. The minimum Gasteiger partial charge on any atom is -0.449 e. The van der Waals surface area contributed by atoms with Gasteiger partial charge >= 0.3 is 12.3 Å². The van der Waals surface area contributed by atoms with Gasteiger partial charge in [-0.1, -0.05) is 29.8 Å². The Morgan fingerprint density at radius 2 is 2.00 bits per heavy atom. The lowest BCUT2D eigenvalue weighted by Crippen LogP contribution is -2.48. The second kappa shape index (κ2) is 6.88. The summed E-state index contributed by atoms with van der Waals surface area (Å²) in [6.45, 7) is 3.38. The van der Waals surface area contributed by atoms with Crippen LogP contribution in [0.15, 0.2) is 24.3 Å². The number of nitrogens with zero attached hydrogens (tertiary/aromatic N) is 1. The van der Waals surface area contributed by atoms with Crippen LogP contribution in [-0.4, -0.2) is 33.5 Å². The first-order chi connectivity index (χ1) is 10.7. The third-order valence-corrected chi connectivity index (χ3v) is 4.48. The Morgan fingerprint density at radius 3 is 2.52 bits per heavy atom. The number of halogens is 3. The van der Waals surface area contributed by atoms with Crippen LogP contribution in [0.4, 0.5) is 18.0 Å². The fourth-order valence-corrected chi connectivity index (χ4v) is 3.28. The Morgan fingerprint density at radius 1 is 1.39 bits per heavy atom. The van der Waals surface area contributed by atoms with Gasteiger partial charge in [-0.05, 0) is 19.4 Å². The summed E-state index contributed by atoms with van der Waals surface area (Å²) in [5.74, 6) is 0. The fourth-order valence-electron chi connectivity index (χ4n) is 2.21. The number of ether oxygens (including phenoxy) is 1. The standard InChI is InChI=1S/C14H16F3NO4S/c1-3-21-13(19)18-11(10-6-4-9(2)5-7-10)8-12(14(15,16)17)22-23(18)20/h4-7,11-12H,3,8H2,1-2H3. The van der Waals surface area contributed by atoms with Crippen LogP contribution in [0.3, 0.4) is 0 Å². The normalized spacial score (nSPS) is 25.3. The quantitative estimate of drug-likeness (QED) is 0.819. The second-order valence-electron chi connectivity index (χ2n) is 5.03. The molecule has 1 aliphatic heterocycles. The first kappa shape index (κ1) is 17.7. The van der Waals surface area contributed by atoms with Crippen molar-refractivity contribution in [2.45, 2.75) is 38.6 Å². The summed E-state index contributed by atoms with van der Waals surface area (Å²) in [5.41, 5.74) is 1.35. The Hall–Kier alpha value is -1.61. The molecule has 1 aliphatic rings. The summed E-state index contributed by atoms with van der Waals surface area (Å²) < 4.78 is 60.8. The summed E-state index contributed by atoms with van der Waals surface area (Å²) in [4.78, 5) is 12.0. The van der Waals surface area contributed by atoms with Crippen molar-refractivity contribution in [1.29, 1.82) is 0 Å². The van der Waals surface area contributed by atoms with E-state index in [0.29, 0.717) is 9.87 Å². The summed E-state index contributed by atoms with van der Waals surface area (Å²) in [6, 6.07) is 5.57. The van der Waals surface area contributed by atoms with Gasteiger partial charge in [0.05, 0.1) is 12.6 Å². The summed E-state index contributed by atoms with van der Waals surface area (Å²) in [5, 5.41) is 0. The van der Waals surface area contributed by atoms with E-state index in [1.54, 1.807) is 31.2 Å². The van der Waals surface area contributed by atoms with Crippen molar-refractivity contribution in [1.82, 2.24) is 4.31 Å². The van der Waals surface area contributed by atoms with Gasteiger partial charge in [0, 0.05) is 6.42 Å². The van der Waals surface area contributed by atoms with E-state index in [-0.39, 0.29) is 6.61 Å². The number of carbonyl (C=O) groups excluding carboxylic acids is 1. The smallest absolute Gasteiger partial charge is 0.424 e. The third kappa shape index (κ3) is 4.03. The van der Waals surface area contributed by atoms with Crippen molar-refractivity contribution >= 4 is 17.4 Å². The Bertz CT molecular complexity index is 591. The van der Waals surface area contributed by atoms with Gasteiger partial charge < -0.3 is 4.74 Å². The highest BCUT2D eigenvalue weighted by Gasteiger charge is 2.50. The monoisotopic (exact) mass is 351 g/mol. The van der Waals surface area contributed by atoms with Crippen molar-refractivity contribution < 1.29 is 31.1 Å². The lowest BCUT2D eigenvalue weighted by atomic mass is 9.99. The molecule has 0 radical (unpaired) electrons. The van der Waals surface area contributed by atoms with Gasteiger partial charge in [0.25, 0.3) is 11.3 Å². The Labute approximate surface area is 134 Å². The maximum absolute atomic E-state index is 12.9. The molecule has 128 valence electrons. The van der Waals surface area contributed by atoms with Crippen LogP contribution in [0.1, 0.15) is 30.5 Å². The van der Waals surface area contributed by atoms with Crippen LogP contribution in [0, 0.1) is 6.92 Å². The molecule has 1 saturated heterocycles.